The molecule has 0 unspecified atom stereocenters. The average Bonchev–Trinajstić information content (AvgIpc) is 1.89. The molecule has 3 heteroatoms. The van der Waals surface area contributed by atoms with Crippen molar-refractivity contribution in [3.8, 4) is 0 Å². The maximum atomic E-state index is 12.9. The molecule has 0 saturated carbocycles. The molecular formula is C6H13FN2. The van der Waals surface area contributed by atoms with E-state index in [9.17, 15) is 4.39 Å². The molecule has 0 spiro atoms. The third-order valence-electron chi connectivity index (χ3n) is 1.24. The largest absolute Gasteiger partial charge is 0.327 e. The summed E-state index contributed by atoms with van der Waals surface area (Å²) in [6.07, 6.45) is 1.72. The highest BCUT2D eigenvalue weighted by Gasteiger charge is 2.23. The van der Waals surface area contributed by atoms with Crippen molar-refractivity contribution in [2.75, 3.05) is 13.1 Å². The first-order chi connectivity index (χ1) is 4.18. The highest BCUT2D eigenvalue weighted by Crippen LogP contribution is 2.12. The van der Waals surface area contributed by atoms with Crippen LogP contribution in [0, 0.1) is 0 Å². The van der Waals surface area contributed by atoms with Crippen molar-refractivity contribution in [2.24, 2.45) is 11.5 Å². The topological polar surface area (TPSA) is 52.0 Å². The molecule has 0 aromatic rings. The highest BCUT2D eigenvalue weighted by molar-refractivity contribution is 4.88. The standard InChI is InChI=1S/C6H13FN2/c1-2-3-6(7,4-8)5-9/h2H,1,3-5,8-9H2. The first-order valence-corrected chi connectivity index (χ1v) is 2.88. The van der Waals surface area contributed by atoms with E-state index in [2.05, 4.69) is 6.58 Å². The van der Waals surface area contributed by atoms with Crippen LogP contribution in [-0.2, 0) is 0 Å². The van der Waals surface area contributed by atoms with Crippen molar-refractivity contribution in [2.45, 2.75) is 12.1 Å². The minimum absolute atomic E-state index is 0.0322. The van der Waals surface area contributed by atoms with Crippen LogP contribution in [0.3, 0.4) is 0 Å². The molecule has 0 bridgehead atoms. The Morgan fingerprint density at radius 2 is 1.89 bits per heavy atom. The van der Waals surface area contributed by atoms with E-state index in [0.29, 0.717) is 0 Å². The van der Waals surface area contributed by atoms with Crippen LogP contribution in [0.1, 0.15) is 6.42 Å². The summed E-state index contributed by atoms with van der Waals surface area (Å²) in [5.74, 6) is 0. The van der Waals surface area contributed by atoms with Gasteiger partial charge in [0.25, 0.3) is 0 Å². The SMILES string of the molecule is C=CCC(F)(CN)CN. The summed E-state index contributed by atoms with van der Waals surface area (Å²) in [6, 6.07) is 0. The van der Waals surface area contributed by atoms with Crippen LogP contribution in [-0.4, -0.2) is 18.8 Å². The van der Waals surface area contributed by atoms with Crippen molar-refractivity contribution in [3.63, 3.8) is 0 Å². The average molecular weight is 132 g/mol. The number of rotatable bonds is 4. The number of alkyl halides is 1. The van der Waals surface area contributed by atoms with Crippen molar-refractivity contribution in [1.82, 2.24) is 0 Å². The zero-order chi connectivity index (χ0) is 7.33. The normalized spacial score (nSPS) is 11.4. The van der Waals surface area contributed by atoms with Gasteiger partial charge in [-0.2, -0.15) is 0 Å². The number of allylic oxidation sites excluding steroid dienone is 1. The summed E-state index contributed by atoms with van der Waals surface area (Å²) in [5, 5.41) is 0. The molecule has 0 atom stereocenters. The second kappa shape index (κ2) is 3.58. The zero-order valence-electron chi connectivity index (χ0n) is 5.44. The molecule has 0 aromatic heterocycles. The Morgan fingerprint density at radius 1 is 1.44 bits per heavy atom. The van der Waals surface area contributed by atoms with Gasteiger partial charge in [0.1, 0.15) is 5.67 Å². The van der Waals surface area contributed by atoms with E-state index >= 15 is 0 Å². The molecule has 0 heterocycles. The van der Waals surface area contributed by atoms with Crippen LogP contribution >= 0.6 is 0 Å². The number of hydrogen-bond acceptors (Lipinski definition) is 2. The maximum absolute atomic E-state index is 12.9. The second-order valence-corrected chi connectivity index (χ2v) is 2.05. The lowest BCUT2D eigenvalue weighted by atomic mass is 10.0. The summed E-state index contributed by atoms with van der Waals surface area (Å²) in [4.78, 5) is 0. The number of halogens is 1. The Hall–Kier alpha value is -0.410. The van der Waals surface area contributed by atoms with E-state index in [0.717, 1.165) is 0 Å². The van der Waals surface area contributed by atoms with Gasteiger partial charge in [-0.05, 0) is 0 Å². The highest BCUT2D eigenvalue weighted by atomic mass is 19.1. The van der Waals surface area contributed by atoms with Crippen molar-refractivity contribution in [3.05, 3.63) is 12.7 Å². The summed E-state index contributed by atoms with van der Waals surface area (Å²) in [6.45, 7) is 3.33. The minimum atomic E-state index is -1.43. The van der Waals surface area contributed by atoms with Gasteiger partial charge in [0.05, 0.1) is 0 Å². The van der Waals surface area contributed by atoms with E-state index in [1.807, 2.05) is 0 Å². The molecule has 0 aliphatic heterocycles. The quantitative estimate of drug-likeness (QED) is 0.536. The lowest BCUT2D eigenvalue weighted by molar-refractivity contribution is 0.188. The predicted molar refractivity (Wildman–Crippen MR) is 36.8 cm³/mol. The van der Waals surface area contributed by atoms with Gasteiger partial charge in [0, 0.05) is 19.5 Å². The van der Waals surface area contributed by atoms with Gasteiger partial charge >= 0.3 is 0 Å². The van der Waals surface area contributed by atoms with Gasteiger partial charge in [-0.1, -0.05) is 6.08 Å². The van der Waals surface area contributed by atoms with Gasteiger partial charge in [0.15, 0.2) is 0 Å². The molecule has 54 valence electrons. The van der Waals surface area contributed by atoms with Crippen LogP contribution in [0.25, 0.3) is 0 Å². The summed E-state index contributed by atoms with van der Waals surface area (Å²) in [5.41, 5.74) is 8.77. The fraction of sp³-hybridized carbons (Fsp3) is 0.667. The molecule has 0 amide bonds. The van der Waals surface area contributed by atoms with Gasteiger partial charge in [-0.3, -0.25) is 0 Å². The molecule has 0 aliphatic carbocycles. The first-order valence-electron chi connectivity index (χ1n) is 2.88. The minimum Gasteiger partial charge on any atom is -0.327 e. The van der Waals surface area contributed by atoms with E-state index in [1.54, 1.807) is 0 Å². The number of hydrogen-bond donors (Lipinski definition) is 2. The molecule has 0 aromatic carbocycles. The third-order valence-corrected chi connectivity index (χ3v) is 1.24. The van der Waals surface area contributed by atoms with Crippen LogP contribution in [0.15, 0.2) is 12.7 Å². The molecule has 0 aliphatic rings. The van der Waals surface area contributed by atoms with Crippen LogP contribution in [0.5, 0.6) is 0 Å². The third kappa shape index (κ3) is 2.58. The monoisotopic (exact) mass is 132 g/mol. The Morgan fingerprint density at radius 3 is 2.00 bits per heavy atom. The van der Waals surface area contributed by atoms with Crippen molar-refractivity contribution < 1.29 is 4.39 Å². The Kier molecular flexibility index (Phi) is 3.42. The predicted octanol–water partition coefficient (Wildman–Crippen LogP) is 0.188. The van der Waals surface area contributed by atoms with E-state index in [4.69, 9.17) is 11.5 Å². The lowest BCUT2D eigenvalue weighted by Gasteiger charge is -2.18. The van der Waals surface area contributed by atoms with E-state index in [-0.39, 0.29) is 19.5 Å². The maximum Gasteiger partial charge on any atom is 0.138 e. The van der Waals surface area contributed by atoms with Gasteiger partial charge in [0.2, 0.25) is 0 Å². The van der Waals surface area contributed by atoms with Gasteiger partial charge < -0.3 is 11.5 Å². The van der Waals surface area contributed by atoms with E-state index in [1.165, 1.54) is 6.08 Å². The van der Waals surface area contributed by atoms with Gasteiger partial charge in [-0.25, -0.2) is 4.39 Å². The zero-order valence-corrected chi connectivity index (χ0v) is 5.44. The fourth-order valence-electron chi connectivity index (χ4n) is 0.509. The second-order valence-electron chi connectivity index (χ2n) is 2.05. The fourth-order valence-corrected chi connectivity index (χ4v) is 0.509. The van der Waals surface area contributed by atoms with Gasteiger partial charge in [-0.15, -0.1) is 6.58 Å². The van der Waals surface area contributed by atoms with Crippen LogP contribution < -0.4 is 11.5 Å². The van der Waals surface area contributed by atoms with Crippen LogP contribution in [0.4, 0.5) is 4.39 Å². The summed E-state index contributed by atoms with van der Waals surface area (Å²) in [7, 11) is 0. The van der Waals surface area contributed by atoms with Crippen molar-refractivity contribution >= 4 is 0 Å². The molecule has 9 heavy (non-hydrogen) atoms. The van der Waals surface area contributed by atoms with E-state index < -0.39 is 5.67 Å². The Bertz CT molecular complexity index is 89.1. The molecule has 0 saturated heterocycles. The molecular weight excluding hydrogens is 119 g/mol. The molecule has 0 radical (unpaired) electrons. The molecule has 4 N–H and O–H groups in total. The smallest absolute Gasteiger partial charge is 0.138 e. The Balaban J connectivity index is 3.75. The van der Waals surface area contributed by atoms with Crippen molar-refractivity contribution in [1.29, 1.82) is 0 Å². The number of nitrogens with two attached hydrogens (primary N) is 2. The molecule has 0 fully saturated rings. The molecule has 0 rings (SSSR count). The first kappa shape index (κ1) is 8.59. The molecule has 2 nitrogen and oxygen atoms in total. The van der Waals surface area contributed by atoms with Crippen LogP contribution in [0.2, 0.25) is 0 Å². The Labute approximate surface area is 54.7 Å². The lowest BCUT2D eigenvalue weighted by Crippen LogP contribution is -2.40. The summed E-state index contributed by atoms with van der Waals surface area (Å²) >= 11 is 0. The summed E-state index contributed by atoms with van der Waals surface area (Å²) < 4.78 is 12.9.